The maximum Gasteiger partial charge on any atom is 0.128 e. The van der Waals surface area contributed by atoms with Crippen molar-refractivity contribution in [1.82, 2.24) is 0 Å². The van der Waals surface area contributed by atoms with Crippen LogP contribution in [0.25, 0.3) is 0 Å². The zero-order valence-electron chi connectivity index (χ0n) is 8.56. The number of aryl methyl sites for hydroxylation is 1. The molecule has 0 radical (unpaired) electrons. The fourth-order valence-electron chi connectivity index (χ4n) is 1.36. The van der Waals surface area contributed by atoms with Gasteiger partial charge in [0.05, 0.1) is 11.6 Å². The quantitative estimate of drug-likeness (QED) is 0.806. The normalized spacial score (nSPS) is 11.9. The molecule has 3 heteroatoms. The molecule has 1 aromatic rings. The van der Waals surface area contributed by atoms with Crippen LogP contribution in [0, 0.1) is 12.7 Å². The first kappa shape index (κ1) is 11.5. The molecule has 1 aromatic carbocycles. The molecule has 14 heavy (non-hydrogen) atoms. The van der Waals surface area contributed by atoms with Gasteiger partial charge < -0.3 is 5.11 Å². The van der Waals surface area contributed by atoms with E-state index in [9.17, 15) is 4.39 Å². The summed E-state index contributed by atoms with van der Waals surface area (Å²) in [6.45, 7) is 5.21. The van der Waals surface area contributed by atoms with E-state index in [2.05, 4.69) is 0 Å². The van der Waals surface area contributed by atoms with Gasteiger partial charge in [-0.3, -0.25) is 0 Å². The van der Waals surface area contributed by atoms with Crippen LogP contribution in [0.1, 0.15) is 25.0 Å². The molecular weight excluding hydrogens is 203 g/mol. The van der Waals surface area contributed by atoms with E-state index in [0.717, 1.165) is 5.56 Å². The topological polar surface area (TPSA) is 20.2 Å². The predicted octanol–water partition coefficient (Wildman–Crippen LogP) is 3.06. The Hall–Kier alpha value is -0.600. The third-order valence-electron chi connectivity index (χ3n) is 2.36. The first-order valence-electron chi connectivity index (χ1n) is 4.46. The minimum Gasteiger partial charge on any atom is -0.395 e. The molecule has 0 aliphatic rings. The van der Waals surface area contributed by atoms with Crippen LogP contribution in [0.2, 0.25) is 5.02 Å². The van der Waals surface area contributed by atoms with Gasteiger partial charge in [0, 0.05) is 11.0 Å². The van der Waals surface area contributed by atoms with Crippen LogP contribution < -0.4 is 0 Å². The van der Waals surface area contributed by atoms with E-state index < -0.39 is 5.41 Å². The zero-order valence-corrected chi connectivity index (χ0v) is 9.32. The highest BCUT2D eigenvalue weighted by atomic mass is 35.5. The van der Waals surface area contributed by atoms with E-state index >= 15 is 0 Å². The summed E-state index contributed by atoms with van der Waals surface area (Å²) in [5.74, 6) is -0.361. The van der Waals surface area contributed by atoms with Crippen molar-refractivity contribution in [3.8, 4) is 0 Å². The number of halogens is 2. The highest BCUT2D eigenvalue weighted by Crippen LogP contribution is 2.33. The van der Waals surface area contributed by atoms with Crippen LogP contribution >= 0.6 is 11.6 Å². The van der Waals surface area contributed by atoms with Crippen molar-refractivity contribution in [2.24, 2.45) is 0 Å². The van der Waals surface area contributed by atoms with Gasteiger partial charge in [-0.25, -0.2) is 4.39 Å². The molecular formula is C11H14ClFO. The smallest absolute Gasteiger partial charge is 0.128 e. The molecule has 0 heterocycles. The fourth-order valence-corrected chi connectivity index (χ4v) is 1.77. The Bertz CT molecular complexity index is 347. The fraction of sp³-hybridized carbons (Fsp3) is 0.455. The van der Waals surface area contributed by atoms with Gasteiger partial charge >= 0.3 is 0 Å². The molecule has 0 fully saturated rings. The molecule has 78 valence electrons. The first-order valence-corrected chi connectivity index (χ1v) is 4.84. The summed E-state index contributed by atoms with van der Waals surface area (Å²) >= 11 is 6.01. The molecule has 0 bridgehead atoms. The monoisotopic (exact) mass is 216 g/mol. The van der Waals surface area contributed by atoms with Crippen LogP contribution in [-0.4, -0.2) is 11.7 Å². The van der Waals surface area contributed by atoms with E-state index in [0.29, 0.717) is 10.6 Å². The van der Waals surface area contributed by atoms with Crippen molar-refractivity contribution < 1.29 is 9.50 Å². The lowest BCUT2D eigenvalue weighted by atomic mass is 9.84. The predicted molar refractivity (Wildman–Crippen MR) is 56.3 cm³/mol. The SMILES string of the molecule is Cc1ccc(F)c(C(C)(C)CO)c1Cl. The highest BCUT2D eigenvalue weighted by molar-refractivity contribution is 6.32. The second kappa shape index (κ2) is 3.87. The molecule has 0 aliphatic carbocycles. The number of aliphatic hydroxyl groups is 1. The molecule has 1 N–H and O–H groups in total. The molecule has 0 amide bonds. The van der Waals surface area contributed by atoms with Crippen LogP contribution in [-0.2, 0) is 5.41 Å². The molecule has 0 atom stereocenters. The molecule has 0 saturated heterocycles. The van der Waals surface area contributed by atoms with Crippen LogP contribution in [0.3, 0.4) is 0 Å². The lowest BCUT2D eigenvalue weighted by Crippen LogP contribution is -2.24. The standard InChI is InChI=1S/C11H14ClFO/c1-7-4-5-8(13)9(10(7)12)11(2,3)6-14/h4-5,14H,6H2,1-3H3. The van der Waals surface area contributed by atoms with Gasteiger partial charge in [-0.1, -0.05) is 31.5 Å². The minimum absolute atomic E-state index is 0.132. The van der Waals surface area contributed by atoms with Crippen molar-refractivity contribution in [2.75, 3.05) is 6.61 Å². The van der Waals surface area contributed by atoms with E-state index in [4.69, 9.17) is 16.7 Å². The Morgan fingerprint density at radius 1 is 1.43 bits per heavy atom. The van der Waals surface area contributed by atoms with Crippen molar-refractivity contribution in [1.29, 1.82) is 0 Å². The van der Waals surface area contributed by atoms with E-state index in [1.165, 1.54) is 6.07 Å². The van der Waals surface area contributed by atoms with E-state index in [1.54, 1.807) is 19.9 Å². The number of aliphatic hydroxyl groups excluding tert-OH is 1. The van der Waals surface area contributed by atoms with Crippen molar-refractivity contribution >= 4 is 11.6 Å². The van der Waals surface area contributed by atoms with Crippen molar-refractivity contribution in [2.45, 2.75) is 26.2 Å². The summed E-state index contributed by atoms with van der Waals surface area (Å²) in [6.07, 6.45) is 0. The van der Waals surface area contributed by atoms with Gasteiger partial charge in [-0.2, -0.15) is 0 Å². The summed E-state index contributed by atoms with van der Waals surface area (Å²) in [6, 6.07) is 3.02. The average molecular weight is 217 g/mol. The molecule has 0 spiro atoms. The summed E-state index contributed by atoms with van der Waals surface area (Å²) in [5.41, 5.74) is 0.568. The van der Waals surface area contributed by atoms with Crippen LogP contribution in [0.15, 0.2) is 12.1 Å². The number of hydrogen-bond acceptors (Lipinski definition) is 1. The first-order chi connectivity index (χ1) is 6.40. The van der Waals surface area contributed by atoms with E-state index in [1.807, 2.05) is 6.92 Å². The van der Waals surface area contributed by atoms with Gasteiger partial charge in [-0.15, -0.1) is 0 Å². The maximum atomic E-state index is 13.5. The maximum absolute atomic E-state index is 13.5. The second-order valence-corrected chi connectivity index (χ2v) is 4.47. The van der Waals surface area contributed by atoms with Gasteiger partial charge in [0.1, 0.15) is 5.82 Å². The van der Waals surface area contributed by atoms with Gasteiger partial charge in [0.25, 0.3) is 0 Å². The Labute approximate surface area is 88.5 Å². The Morgan fingerprint density at radius 2 is 2.00 bits per heavy atom. The number of rotatable bonds is 2. The largest absolute Gasteiger partial charge is 0.395 e. The van der Waals surface area contributed by atoms with Crippen molar-refractivity contribution in [3.63, 3.8) is 0 Å². The Morgan fingerprint density at radius 3 is 2.50 bits per heavy atom. The summed E-state index contributed by atoms with van der Waals surface area (Å²) in [7, 11) is 0. The zero-order chi connectivity index (χ0) is 10.9. The highest BCUT2D eigenvalue weighted by Gasteiger charge is 2.26. The Balaban J connectivity index is 3.40. The van der Waals surface area contributed by atoms with Gasteiger partial charge in [0.15, 0.2) is 0 Å². The van der Waals surface area contributed by atoms with Crippen LogP contribution in [0.4, 0.5) is 4.39 Å². The molecule has 1 rings (SSSR count). The summed E-state index contributed by atoms with van der Waals surface area (Å²) in [4.78, 5) is 0. The lowest BCUT2D eigenvalue weighted by Gasteiger charge is -2.24. The third kappa shape index (κ3) is 1.91. The Kier molecular flexibility index (Phi) is 3.17. The van der Waals surface area contributed by atoms with Crippen molar-refractivity contribution in [3.05, 3.63) is 34.1 Å². The number of benzene rings is 1. The molecule has 0 aliphatic heterocycles. The third-order valence-corrected chi connectivity index (χ3v) is 2.84. The van der Waals surface area contributed by atoms with E-state index in [-0.39, 0.29) is 12.4 Å². The summed E-state index contributed by atoms with van der Waals surface area (Å²) < 4.78 is 13.5. The van der Waals surface area contributed by atoms with Gasteiger partial charge in [0.2, 0.25) is 0 Å². The molecule has 0 saturated carbocycles. The second-order valence-electron chi connectivity index (χ2n) is 4.10. The summed E-state index contributed by atoms with van der Waals surface area (Å²) in [5, 5.41) is 9.57. The molecule has 1 nitrogen and oxygen atoms in total. The molecule has 0 aromatic heterocycles. The average Bonchev–Trinajstić information content (AvgIpc) is 2.12. The van der Waals surface area contributed by atoms with Crippen LogP contribution in [0.5, 0.6) is 0 Å². The van der Waals surface area contributed by atoms with Gasteiger partial charge in [-0.05, 0) is 18.6 Å². The minimum atomic E-state index is -0.646. The number of hydrogen-bond donors (Lipinski definition) is 1. The molecule has 0 unspecified atom stereocenters. The lowest BCUT2D eigenvalue weighted by molar-refractivity contribution is 0.215.